The minimum atomic E-state index is -7.10. The van der Waals surface area contributed by atoms with Gasteiger partial charge < -0.3 is 9.66 Å². The summed E-state index contributed by atoms with van der Waals surface area (Å²) >= 11 is 0. The average Bonchev–Trinajstić information content (AvgIpc) is 2.53. The van der Waals surface area contributed by atoms with E-state index in [1.807, 2.05) is 24.3 Å². The number of rotatable bonds is 3. The molecule has 0 aliphatic heterocycles. The first kappa shape index (κ1) is 24.3. The highest BCUT2D eigenvalue weighted by molar-refractivity contribution is 7.95. The van der Waals surface area contributed by atoms with Crippen LogP contribution in [-0.2, 0) is 21.0 Å². The van der Waals surface area contributed by atoms with Crippen molar-refractivity contribution in [3.8, 4) is 5.75 Å². The molecule has 158 valence electrons. The van der Waals surface area contributed by atoms with E-state index < -0.39 is 27.5 Å². The van der Waals surface area contributed by atoms with Crippen LogP contribution in [0.5, 0.6) is 5.75 Å². The van der Waals surface area contributed by atoms with Crippen molar-refractivity contribution in [3.05, 3.63) is 36.4 Å². The fourth-order valence-corrected chi connectivity index (χ4v) is 3.32. The van der Waals surface area contributed by atoms with E-state index in [2.05, 4.69) is 18.6 Å². The van der Waals surface area contributed by atoms with Gasteiger partial charge >= 0.3 is 17.4 Å². The fraction of sp³-hybridized carbons (Fsp3) is 0.333. The van der Waals surface area contributed by atoms with Gasteiger partial charge in [-0.15, -0.1) is 0 Å². The third-order valence-corrected chi connectivity index (χ3v) is 5.46. The van der Waals surface area contributed by atoms with E-state index in [0.717, 1.165) is 5.39 Å². The molecule has 0 aliphatic rings. The zero-order chi connectivity index (χ0) is 22.1. The monoisotopic (exact) mass is 454 g/mol. The van der Waals surface area contributed by atoms with Crippen LogP contribution in [0.2, 0.25) is 0 Å². The molecule has 0 saturated carbocycles. The lowest BCUT2D eigenvalue weighted by Crippen LogP contribution is -2.55. The maximum Gasteiger partial charge on any atom is 0.461 e. The first-order valence-corrected chi connectivity index (χ1v) is 10.5. The van der Waals surface area contributed by atoms with Gasteiger partial charge in [0.25, 0.3) is 0 Å². The number of benzene rings is 2. The zero-order valence-electron chi connectivity index (χ0n) is 14.1. The van der Waals surface area contributed by atoms with Crippen LogP contribution in [0.15, 0.2) is 41.3 Å². The molecular formula is C15H13F7O4S2. The number of hydrogen-bond donors (Lipinski definition) is 1. The summed E-state index contributed by atoms with van der Waals surface area (Å²) < 4.78 is 109. The van der Waals surface area contributed by atoms with Gasteiger partial charge in [-0.2, -0.15) is 30.7 Å². The molecule has 2 aromatic rings. The number of halogens is 7. The molecule has 0 fully saturated rings. The topological polar surface area (TPSA) is 77.4 Å². The maximum absolute atomic E-state index is 11.8. The summed E-state index contributed by atoms with van der Waals surface area (Å²) in [6.07, 6.45) is -2.44. The van der Waals surface area contributed by atoms with Crippen molar-refractivity contribution in [2.45, 2.75) is 22.2 Å². The molecule has 28 heavy (non-hydrogen) atoms. The molecule has 4 nitrogen and oxygen atoms in total. The first-order valence-electron chi connectivity index (χ1n) is 7.01. The molecule has 2 rings (SSSR count). The van der Waals surface area contributed by atoms with Crippen LogP contribution < -0.4 is 0 Å². The van der Waals surface area contributed by atoms with Gasteiger partial charge in [-0.25, -0.2) is 8.42 Å². The van der Waals surface area contributed by atoms with Gasteiger partial charge in [0.1, 0.15) is 18.3 Å². The summed E-state index contributed by atoms with van der Waals surface area (Å²) in [7, 11) is -6.87. The predicted octanol–water partition coefficient (Wildman–Crippen LogP) is 4.10. The van der Waals surface area contributed by atoms with Crippen molar-refractivity contribution < 1.29 is 48.8 Å². The van der Waals surface area contributed by atoms with Gasteiger partial charge in [0.15, 0.2) is 15.0 Å². The fourth-order valence-electron chi connectivity index (χ4n) is 1.93. The SMILES string of the molecule is C[S+](C)c1ccc(O)c2ccccc12.O=S(=O)([O-])C(F)(F)C(F)(F)C(F)(F)F. The summed E-state index contributed by atoms with van der Waals surface area (Å²) in [4.78, 5) is 1.32. The number of alkyl halides is 7. The predicted molar refractivity (Wildman–Crippen MR) is 88.7 cm³/mol. The highest BCUT2D eigenvalue weighted by Gasteiger charge is 2.76. The minimum Gasteiger partial charge on any atom is -0.743 e. The molecule has 0 unspecified atom stereocenters. The van der Waals surface area contributed by atoms with E-state index >= 15 is 0 Å². The van der Waals surface area contributed by atoms with E-state index in [9.17, 15) is 48.8 Å². The smallest absolute Gasteiger partial charge is 0.461 e. The Morgan fingerprint density at radius 1 is 0.893 bits per heavy atom. The van der Waals surface area contributed by atoms with Crippen LogP contribution in [0.3, 0.4) is 0 Å². The highest BCUT2D eigenvalue weighted by Crippen LogP contribution is 2.48. The Balaban J connectivity index is 0.000000280. The molecule has 0 aromatic heterocycles. The lowest BCUT2D eigenvalue weighted by molar-refractivity contribution is -0.333. The van der Waals surface area contributed by atoms with Crippen LogP contribution in [0, 0.1) is 0 Å². The van der Waals surface area contributed by atoms with E-state index in [1.54, 1.807) is 6.07 Å². The molecule has 0 radical (unpaired) electrons. The van der Waals surface area contributed by atoms with Crippen molar-refractivity contribution in [1.29, 1.82) is 0 Å². The van der Waals surface area contributed by atoms with Crippen molar-refractivity contribution in [2.75, 3.05) is 12.5 Å². The molecule has 0 amide bonds. The summed E-state index contributed by atoms with van der Waals surface area (Å²) in [5.41, 5.74) is 0. The lowest BCUT2D eigenvalue weighted by Gasteiger charge is -2.29. The van der Waals surface area contributed by atoms with Crippen LogP contribution in [-0.4, -0.2) is 47.9 Å². The Kier molecular flexibility index (Phi) is 6.90. The maximum atomic E-state index is 11.8. The number of hydrogen-bond acceptors (Lipinski definition) is 4. The van der Waals surface area contributed by atoms with Crippen LogP contribution >= 0.6 is 0 Å². The first-order chi connectivity index (χ1) is 12.4. The second kappa shape index (κ2) is 7.95. The number of phenolic OH excluding ortho intramolecular Hbond substituents is 1. The van der Waals surface area contributed by atoms with Crippen LogP contribution in [0.1, 0.15) is 0 Å². The van der Waals surface area contributed by atoms with Gasteiger partial charge in [-0.3, -0.25) is 0 Å². The van der Waals surface area contributed by atoms with Crippen LogP contribution in [0.25, 0.3) is 10.8 Å². The molecule has 2 aromatic carbocycles. The molecule has 0 saturated heterocycles. The standard InChI is InChI=1S/C12H12OS.C3HF7O3S/c1-14(2)12-8-7-11(13)9-5-3-4-6-10(9)12;4-1(5,2(6,7)8)3(9,10)14(11,12)13/h3-8H,1-2H3;(H,11,12,13). The quantitative estimate of drug-likeness (QED) is 0.430. The third-order valence-electron chi connectivity index (χ3n) is 3.34. The molecule has 0 atom stereocenters. The van der Waals surface area contributed by atoms with Crippen molar-refractivity contribution in [3.63, 3.8) is 0 Å². The molecule has 0 spiro atoms. The molecular weight excluding hydrogens is 441 g/mol. The summed E-state index contributed by atoms with van der Waals surface area (Å²) in [6, 6.07) is 11.8. The summed E-state index contributed by atoms with van der Waals surface area (Å²) in [5.74, 6) is -6.55. The van der Waals surface area contributed by atoms with Gasteiger partial charge in [-0.1, -0.05) is 18.2 Å². The highest BCUT2D eigenvalue weighted by atomic mass is 32.2. The van der Waals surface area contributed by atoms with Gasteiger partial charge in [-0.05, 0) is 18.2 Å². The largest absolute Gasteiger partial charge is 0.743 e. The van der Waals surface area contributed by atoms with Gasteiger partial charge in [0.05, 0.1) is 0 Å². The van der Waals surface area contributed by atoms with Gasteiger partial charge in [0, 0.05) is 21.7 Å². The Hall–Kier alpha value is -1.73. The summed E-state index contributed by atoms with van der Waals surface area (Å²) in [5, 5.41) is 5.07. The molecule has 0 aliphatic carbocycles. The number of phenols is 1. The second-order valence-electron chi connectivity index (χ2n) is 5.49. The normalized spacial score (nSPS) is 13.4. The van der Waals surface area contributed by atoms with Crippen molar-refractivity contribution in [1.82, 2.24) is 0 Å². The average molecular weight is 454 g/mol. The van der Waals surface area contributed by atoms with E-state index in [1.165, 1.54) is 10.3 Å². The number of aromatic hydroxyl groups is 1. The lowest BCUT2D eigenvalue weighted by atomic mass is 10.1. The molecule has 13 heteroatoms. The summed E-state index contributed by atoms with van der Waals surface area (Å²) in [6.45, 7) is 0. The Bertz CT molecular complexity index is 941. The Morgan fingerprint density at radius 3 is 1.71 bits per heavy atom. The van der Waals surface area contributed by atoms with Crippen LogP contribution in [0.4, 0.5) is 30.7 Å². The van der Waals surface area contributed by atoms with E-state index in [4.69, 9.17) is 0 Å². The van der Waals surface area contributed by atoms with E-state index in [0.29, 0.717) is 5.75 Å². The van der Waals surface area contributed by atoms with Crippen molar-refractivity contribution >= 4 is 31.8 Å². The zero-order valence-corrected chi connectivity index (χ0v) is 15.7. The minimum absolute atomic E-state index is 0.227. The Morgan fingerprint density at radius 2 is 1.36 bits per heavy atom. The van der Waals surface area contributed by atoms with E-state index in [-0.39, 0.29) is 10.9 Å². The second-order valence-corrected chi connectivity index (χ2v) is 8.98. The van der Waals surface area contributed by atoms with Gasteiger partial charge in [0.2, 0.25) is 0 Å². The molecule has 0 bridgehead atoms. The third kappa shape index (κ3) is 4.63. The Labute approximate surface area is 158 Å². The molecule has 0 heterocycles. The molecule has 1 N–H and O–H groups in total. The van der Waals surface area contributed by atoms with Crippen molar-refractivity contribution in [2.24, 2.45) is 0 Å². The number of fused-ring (bicyclic) bond motifs is 1.